The van der Waals surface area contributed by atoms with Gasteiger partial charge in [-0.1, -0.05) is 11.2 Å². The highest BCUT2D eigenvalue weighted by Gasteiger charge is 2.23. The highest BCUT2D eigenvalue weighted by atomic mass is 32.1. The van der Waals surface area contributed by atoms with Gasteiger partial charge in [0.25, 0.3) is 5.91 Å². The van der Waals surface area contributed by atoms with E-state index in [2.05, 4.69) is 20.0 Å². The van der Waals surface area contributed by atoms with E-state index >= 15 is 0 Å². The van der Waals surface area contributed by atoms with Crippen LogP contribution < -0.4 is 4.74 Å². The molecule has 1 saturated heterocycles. The lowest BCUT2D eigenvalue weighted by Crippen LogP contribution is -2.48. The van der Waals surface area contributed by atoms with Crippen molar-refractivity contribution in [1.29, 1.82) is 0 Å². The van der Waals surface area contributed by atoms with Gasteiger partial charge in [-0.05, 0) is 17.5 Å². The minimum Gasteiger partial charge on any atom is -0.481 e. The number of piperazine rings is 1. The second kappa shape index (κ2) is 7.85. The molecule has 0 unspecified atom stereocenters. The molecule has 3 aromatic heterocycles. The zero-order chi connectivity index (χ0) is 18.6. The number of nitrogens with zero attached hydrogens (tertiary/aromatic N) is 5. The Morgan fingerprint density at radius 1 is 1.26 bits per heavy atom. The zero-order valence-corrected chi connectivity index (χ0v) is 15.7. The quantitative estimate of drug-likeness (QED) is 0.665. The molecule has 0 aromatic carbocycles. The summed E-state index contributed by atoms with van der Waals surface area (Å²) in [6.45, 7) is 3.40. The van der Waals surface area contributed by atoms with E-state index in [-0.39, 0.29) is 5.91 Å². The van der Waals surface area contributed by atoms with Crippen LogP contribution >= 0.6 is 11.3 Å². The summed E-state index contributed by atoms with van der Waals surface area (Å²) in [7, 11) is 1.55. The number of rotatable bonds is 5. The van der Waals surface area contributed by atoms with E-state index < -0.39 is 0 Å². The van der Waals surface area contributed by atoms with E-state index in [1.165, 1.54) is 0 Å². The zero-order valence-electron chi connectivity index (χ0n) is 14.9. The predicted molar refractivity (Wildman–Crippen MR) is 99.6 cm³/mol. The molecule has 4 rings (SSSR count). The number of ether oxygens (including phenoxy) is 1. The molecule has 3 aromatic rings. The molecule has 1 aliphatic rings. The maximum absolute atomic E-state index is 12.6. The van der Waals surface area contributed by atoms with Crippen LogP contribution in [0.25, 0.3) is 10.7 Å². The summed E-state index contributed by atoms with van der Waals surface area (Å²) in [5.74, 6) is 1.71. The van der Waals surface area contributed by atoms with Crippen LogP contribution in [-0.2, 0) is 6.54 Å². The van der Waals surface area contributed by atoms with Crippen molar-refractivity contribution < 1.29 is 14.1 Å². The molecule has 0 atom stereocenters. The van der Waals surface area contributed by atoms with E-state index in [0.717, 1.165) is 18.0 Å². The van der Waals surface area contributed by atoms with E-state index in [0.29, 0.717) is 42.8 Å². The largest absolute Gasteiger partial charge is 0.481 e. The molecule has 0 bridgehead atoms. The second-order valence-corrected chi connectivity index (χ2v) is 7.09. The summed E-state index contributed by atoms with van der Waals surface area (Å²) >= 11 is 1.58. The van der Waals surface area contributed by atoms with Crippen LogP contribution in [0.4, 0.5) is 0 Å². The minimum atomic E-state index is -0.0115. The van der Waals surface area contributed by atoms with Gasteiger partial charge in [0.2, 0.25) is 17.6 Å². The third kappa shape index (κ3) is 3.99. The summed E-state index contributed by atoms with van der Waals surface area (Å²) in [6, 6.07) is 7.37. The smallest absolute Gasteiger partial charge is 0.255 e. The first-order chi connectivity index (χ1) is 13.2. The van der Waals surface area contributed by atoms with Crippen molar-refractivity contribution in [2.75, 3.05) is 33.3 Å². The number of methoxy groups -OCH3 is 1. The summed E-state index contributed by atoms with van der Waals surface area (Å²) in [5, 5.41) is 6.02. The molecule has 140 valence electrons. The van der Waals surface area contributed by atoms with Crippen LogP contribution in [0, 0.1) is 0 Å². The molecule has 0 spiro atoms. The fourth-order valence-electron chi connectivity index (χ4n) is 2.94. The Bertz CT molecular complexity index is 886. The van der Waals surface area contributed by atoms with Crippen molar-refractivity contribution in [3.05, 3.63) is 47.3 Å². The van der Waals surface area contributed by atoms with Gasteiger partial charge in [-0.2, -0.15) is 4.98 Å². The summed E-state index contributed by atoms with van der Waals surface area (Å²) in [6.07, 6.45) is 1.55. The summed E-state index contributed by atoms with van der Waals surface area (Å²) in [4.78, 5) is 26.2. The molecule has 1 aliphatic heterocycles. The van der Waals surface area contributed by atoms with Crippen molar-refractivity contribution in [3.63, 3.8) is 0 Å². The minimum absolute atomic E-state index is 0.0115. The number of carbonyl (C=O) groups excluding carboxylic acids is 1. The molecule has 8 nitrogen and oxygen atoms in total. The molecule has 0 N–H and O–H groups in total. The fourth-order valence-corrected chi connectivity index (χ4v) is 3.58. The number of amides is 1. The predicted octanol–water partition coefficient (Wildman–Crippen LogP) is 2.16. The molecule has 4 heterocycles. The van der Waals surface area contributed by atoms with Gasteiger partial charge in [-0.3, -0.25) is 9.69 Å². The monoisotopic (exact) mass is 385 g/mol. The third-order valence-corrected chi connectivity index (χ3v) is 5.29. The lowest BCUT2D eigenvalue weighted by Gasteiger charge is -2.33. The van der Waals surface area contributed by atoms with Gasteiger partial charge in [0.15, 0.2) is 0 Å². The van der Waals surface area contributed by atoms with E-state index in [1.807, 2.05) is 22.4 Å². The Balaban J connectivity index is 1.31. The Labute approximate surface area is 160 Å². The normalized spacial score (nSPS) is 15.1. The van der Waals surface area contributed by atoms with Gasteiger partial charge in [0.1, 0.15) is 0 Å². The number of pyridine rings is 1. The molecular formula is C18H19N5O3S. The SMILES string of the molecule is COc1ccc(C(=O)N2CCN(Cc3nc(-c4cccs4)no3)CC2)cn1. The van der Waals surface area contributed by atoms with Crippen LogP contribution in [0.5, 0.6) is 5.88 Å². The highest BCUT2D eigenvalue weighted by Crippen LogP contribution is 2.22. The molecule has 9 heteroatoms. The van der Waals surface area contributed by atoms with E-state index in [1.54, 1.807) is 36.8 Å². The molecule has 1 fully saturated rings. The van der Waals surface area contributed by atoms with Gasteiger partial charge >= 0.3 is 0 Å². The number of thiophene rings is 1. The standard InChI is InChI=1S/C18H19N5O3S/c1-25-15-5-4-13(11-19-15)18(24)23-8-6-22(7-9-23)12-16-20-17(21-26-16)14-3-2-10-27-14/h2-5,10-11H,6-9,12H2,1H3. The highest BCUT2D eigenvalue weighted by molar-refractivity contribution is 7.13. The molecule has 0 radical (unpaired) electrons. The van der Waals surface area contributed by atoms with Crippen molar-refractivity contribution in [2.45, 2.75) is 6.54 Å². The van der Waals surface area contributed by atoms with Crippen molar-refractivity contribution in [1.82, 2.24) is 24.9 Å². The van der Waals surface area contributed by atoms with Crippen LogP contribution in [0.2, 0.25) is 0 Å². The van der Waals surface area contributed by atoms with Crippen molar-refractivity contribution >= 4 is 17.2 Å². The average molecular weight is 385 g/mol. The topological polar surface area (TPSA) is 84.6 Å². The van der Waals surface area contributed by atoms with Gasteiger partial charge in [-0.25, -0.2) is 4.98 Å². The molecule has 0 saturated carbocycles. The van der Waals surface area contributed by atoms with E-state index in [9.17, 15) is 4.79 Å². The lowest BCUT2D eigenvalue weighted by molar-refractivity contribution is 0.0614. The van der Waals surface area contributed by atoms with Crippen LogP contribution in [0.15, 0.2) is 40.4 Å². The van der Waals surface area contributed by atoms with Gasteiger partial charge in [0, 0.05) is 38.4 Å². The lowest BCUT2D eigenvalue weighted by atomic mass is 10.2. The van der Waals surface area contributed by atoms with Crippen molar-refractivity contribution in [2.24, 2.45) is 0 Å². The first-order valence-corrected chi connectivity index (χ1v) is 9.49. The molecule has 27 heavy (non-hydrogen) atoms. The average Bonchev–Trinajstić information content (AvgIpc) is 3.40. The summed E-state index contributed by atoms with van der Waals surface area (Å²) in [5.41, 5.74) is 0.571. The Morgan fingerprint density at radius 2 is 2.11 bits per heavy atom. The fraction of sp³-hybridized carbons (Fsp3) is 0.333. The Kier molecular flexibility index (Phi) is 5.12. The van der Waals surface area contributed by atoms with Gasteiger partial charge < -0.3 is 14.2 Å². The second-order valence-electron chi connectivity index (χ2n) is 6.15. The number of aromatic nitrogens is 3. The van der Waals surface area contributed by atoms with Crippen LogP contribution in [-0.4, -0.2) is 64.1 Å². The maximum atomic E-state index is 12.6. The van der Waals surface area contributed by atoms with Gasteiger partial charge in [-0.15, -0.1) is 11.3 Å². The Hall–Kier alpha value is -2.78. The van der Waals surface area contributed by atoms with Gasteiger partial charge in [0.05, 0.1) is 24.1 Å². The molecular weight excluding hydrogens is 366 g/mol. The summed E-state index contributed by atoms with van der Waals surface area (Å²) < 4.78 is 10.4. The molecule has 1 amide bonds. The van der Waals surface area contributed by atoms with E-state index in [4.69, 9.17) is 9.26 Å². The first kappa shape index (κ1) is 17.6. The number of carbonyl (C=O) groups is 1. The number of hydrogen-bond acceptors (Lipinski definition) is 8. The van der Waals surface area contributed by atoms with Crippen LogP contribution in [0.1, 0.15) is 16.2 Å². The first-order valence-electron chi connectivity index (χ1n) is 8.61. The third-order valence-electron chi connectivity index (χ3n) is 4.42. The van der Waals surface area contributed by atoms with Crippen LogP contribution in [0.3, 0.4) is 0 Å². The maximum Gasteiger partial charge on any atom is 0.255 e. The Morgan fingerprint density at radius 3 is 2.78 bits per heavy atom. The molecule has 0 aliphatic carbocycles. The number of hydrogen-bond donors (Lipinski definition) is 0. The van der Waals surface area contributed by atoms with Crippen molar-refractivity contribution in [3.8, 4) is 16.6 Å².